The molecule has 0 aromatic carbocycles. The third-order valence-corrected chi connectivity index (χ3v) is 11.2. The minimum absolute atomic E-state index is 0.0664. The number of thiophene rings is 1. The molecule has 4 nitrogen and oxygen atoms in total. The molecule has 5 rings (SSSR count). The van der Waals surface area contributed by atoms with Gasteiger partial charge in [0.2, 0.25) is 0 Å². The van der Waals surface area contributed by atoms with Gasteiger partial charge in [0.1, 0.15) is 15.5 Å². The standard InChI is InChI=1S/C28H30N4S4/c1-15-20(17-11-9-13-18(14-10-12-17)27(3,4)5)34-26(29-15)23-21-19(31-32-36-21)22(33-23)25-30-16(2)24(35-25)28(6,7)8/h9-14H,1-8H3/b11-9-,12-10?,13-9?,14-10-,17-11?,17-12+,18-13+,18-14?. The molecule has 0 fully saturated rings. The number of hydrogen-bond acceptors (Lipinski definition) is 8. The Morgan fingerprint density at radius 2 is 1.39 bits per heavy atom. The van der Waals surface area contributed by atoms with Crippen LogP contribution in [0.25, 0.3) is 35.6 Å². The lowest BCUT2D eigenvalue weighted by molar-refractivity contribution is 0.517. The van der Waals surface area contributed by atoms with Crippen molar-refractivity contribution in [1.29, 1.82) is 0 Å². The summed E-state index contributed by atoms with van der Waals surface area (Å²) in [6.45, 7) is 17.6. The summed E-state index contributed by atoms with van der Waals surface area (Å²) >= 11 is 6.70. The van der Waals surface area contributed by atoms with E-state index in [1.165, 1.54) is 32.4 Å². The maximum absolute atomic E-state index is 5.01. The van der Waals surface area contributed by atoms with E-state index < -0.39 is 0 Å². The fraction of sp³-hybridized carbons (Fsp3) is 0.357. The van der Waals surface area contributed by atoms with Gasteiger partial charge in [-0.2, -0.15) is 0 Å². The molecule has 0 saturated carbocycles. The van der Waals surface area contributed by atoms with Gasteiger partial charge < -0.3 is 0 Å². The molecule has 0 N–H and O–H groups in total. The van der Waals surface area contributed by atoms with E-state index in [2.05, 4.69) is 101 Å². The highest BCUT2D eigenvalue weighted by Gasteiger charge is 2.26. The van der Waals surface area contributed by atoms with E-state index in [0.29, 0.717) is 0 Å². The second-order valence-electron chi connectivity index (χ2n) is 11.0. The predicted molar refractivity (Wildman–Crippen MR) is 159 cm³/mol. The van der Waals surface area contributed by atoms with Gasteiger partial charge in [-0.15, -0.1) is 39.1 Å². The first kappa shape index (κ1) is 25.4. The van der Waals surface area contributed by atoms with E-state index >= 15 is 0 Å². The molecule has 186 valence electrons. The van der Waals surface area contributed by atoms with Crippen molar-refractivity contribution in [2.45, 2.75) is 60.8 Å². The first-order chi connectivity index (χ1) is 16.9. The van der Waals surface area contributed by atoms with Gasteiger partial charge in [0.25, 0.3) is 0 Å². The molecular weight excluding hydrogens is 521 g/mol. The first-order valence-electron chi connectivity index (χ1n) is 11.9. The number of fused-ring (bicyclic) bond motifs is 1. The Balaban J connectivity index is 1.54. The molecule has 0 bridgehead atoms. The molecule has 0 amide bonds. The predicted octanol–water partition coefficient (Wildman–Crippen LogP) is 9.40. The Hall–Kier alpha value is -2.26. The minimum atomic E-state index is 0.0664. The van der Waals surface area contributed by atoms with Crippen LogP contribution in [0.1, 0.15) is 62.7 Å². The van der Waals surface area contributed by atoms with Crippen molar-refractivity contribution in [2.75, 3.05) is 0 Å². The summed E-state index contributed by atoms with van der Waals surface area (Å²) < 4.78 is 5.39. The quantitative estimate of drug-likeness (QED) is 0.255. The van der Waals surface area contributed by atoms with Crippen molar-refractivity contribution in [3.8, 4) is 19.8 Å². The second kappa shape index (κ2) is 9.24. The molecule has 0 atom stereocenters. The van der Waals surface area contributed by atoms with Crippen molar-refractivity contribution in [3.05, 3.63) is 63.2 Å². The highest BCUT2D eigenvalue weighted by molar-refractivity contribution is 7.31. The third kappa shape index (κ3) is 4.72. The average Bonchev–Trinajstić information content (AvgIpc) is 3.50. The molecule has 0 aliphatic heterocycles. The lowest BCUT2D eigenvalue weighted by atomic mass is 9.85. The second-order valence-corrected chi connectivity index (χ2v) is 14.8. The zero-order valence-electron chi connectivity index (χ0n) is 21.9. The summed E-state index contributed by atoms with van der Waals surface area (Å²) in [7, 11) is 0. The average molecular weight is 551 g/mol. The summed E-state index contributed by atoms with van der Waals surface area (Å²) in [5.41, 5.74) is 5.76. The van der Waals surface area contributed by atoms with Gasteiger partial charge in [0, 0.05) is 4.88 Å². The van der Waals surface area contributed by atoms with Crippen LogP contribution in [0, 0.1) is 19.3 Å². The summed E-state index contributed by atoms with van der Waals surface area (Å²) in [5, 5.41) is 6.54. The molecule has 0 spiro atoms. The molecule has 4 aromatic rings. The van der Waals surface area contributed by atoms with Gasteiger partial charge in [-0.05, 0) is 47.4 Å². The number of aromatic nitrogens is 4. The number of rotatable bonds is 3. The molecule has 0 unspecified atom stereocenters. The largest absolute Gasteiger partial charge is 0.240 e. The minimum Gasteiger partial charge on any atom is -0.240 e. The Kier molecular flexibility index (Phi) is 6.52. The third-order valence-electron chi connectivity index (χ3n) is 6.01. The van der Waals surface area contributed by atoms with Gasteiger partial charge in [0.05, 0.1) is 30.7 Å². The van der Waals surface area contributed by atoms with E-state index in [9.17, 15) is 0 Å². The Morgan fingerprint density at radius 3 is 2.08 bits per heavy atom. The van der Waals surface area contributed by atoms with Gasteiger partial charge >= 0.3 is 0 Å². The van der Waals surface area contributed by atoms with Gasteiger partial charge in [-0.1, -0.05) is 82.5 Å². The smallest absolute Gasteiger partial charge is 0.136 e. The molecule has 8 heteroatoms. The Labute approximate surface area is 229 Å². The van der Waals surface area contributed by atoms with Crippen molar-refractivity contribution in [1.82, 2.24) is 19.6 Å². The van der Waals surface area contributed by atoms with Crippen LogP contribution in [0.15, 0.2) is 42.0 Å². The van der Waals surface area contributed by atoms with Crippen LogP contribution >= 0.6 is 45.5 Å². The molecule has 36 heavy (non-hydrogen) atoms. The van der Waals surface area contributed by atoms with E-state index in [1.807, 2.05) is 0 Å². The number of allylic oxidation sites excluding steroid dienone is 8. The van der Waals surface area contributed by atoms with Crippen LogP contribution in [0.4, 0.5) is 0 Å². The monoisotopic (exact) mass is 550 g/mol. The van der Waals surface area contributed by atoms with Crippen molar-refractivity contribution < 1.29 is 0 Å². The zero-order valence-corrected chi connectivity index (χ0v) is 25.2. The van der Waals surface area contributed by atoms with Crippen LogP contribution in [0.2, 0.25) is 0 Å². The first-order valence-corrected chi connectivity index (χ1v) is 15.1. The van der Waals surface area contributed by atoms with Crippen LogP contribution in [0.3, 0.4) is 0 Å². The summed E-state index contributed by atoms with van der Waals surface area (Å²) in [5.74, 6) is 0. The molecular formula is C28H30N4S4. The van der Waals surface area contributed by atoms with Crippen LogP contribution in [-0.2, 0) is 5.41 Å². The van der Waals surface area contributed by atoms with E-state index in [4.69, 9.17) is 9.97 Å². The van der Waals surface area contributed by atoms with Crippen LogP contribution in [0.5, 0.6) is 0 Å². The molecule has 1 aliphatic rings. The lowest BCUT2D eigenvalue weighted by Gasteiger charge is -2.20. The van der Waals surface area contributed by atoms with Crippen molar-refractivity contribution in [2.24, 2.45) is 5.41 Å². The van der Waals surface area contributed by atoms with Gasteiger partial charge in [0.15, 0.2) is 0 Å². The summed E-state index contributed by atoms with van der Waals surface area (Å²) in [6.07, 6.45) is 13.1. The van der Waals surface area contributed by atoms with E-state index in [-0.39, 0.29) is 10.8 Å². The maximum Gasteiger partial charge on any atom is 0.136 e. The van der Waals surface area contributed by atoms with Gasteiger partial charge in [-0.25, -0.2) is 9.97 Å². The van der Waals surface area contributed by atoms with Crippen molar-refractivity contribution >= 4 is 61.3 Å². The van der Waals surface area contributed by atoms with Gasteiger partial charge in [-0.3, -0.25) is 0 Å². The molecule has 0 saturated heterocycles. The summed E-state index contributed by atoms with van der Waals surface area (Å²) in [4.78, 5) is 14.7. The number of hydrogen-bond donors (Lipinski definition) is 0. The summed E-state index contributed by atoms with van der Waals surface area (Å²) in [6, 6.07) is 0. The fourth-order valence-corrected chi connectivity index (χ4v) is 8.66. The normalized spacial score (nSPS) is 19.4. The lowest BCUT2D eigenvalue weighted by Crippen LogP contribution is -2.10. The number of thiazole rings is 2. The van der Waals surface area contributed by atoms with E-state index in [1.54, 1.807) is 34.0 Å². The zero-order chi connectivity index (χ0) is 25.8. The highest BCUT2D eigenvalue weighted by atomic mass is 32.1. The Bertz CT molecular complexity index is 1570. The molecule has 0 radical (unpaired) electrons. The molecule has 1 aliphatic carbocycles. The SMILES string of the molecule is Cc1nc(-c2sc(-c3nc(C)c(C(C)(C)C)s3)c3nnsc23)sc1C1=C/C=C\C(C(C)(C)C)=C/C=C\1. The Morgan fingerprint density at radius 1 is 0.694 bits per heavy atom. The topological polar surface area (TPSA) is 51.6 Å². The van der Waals surface area contributed by atoms with Crippen LogP contribution in [-0.4, -0.2) is 19.6 Å². The number of aryl methyl sites for hydroxylation is 2. The molecule has 4 heterocycles. The van der Waals surface area contributed by atoms with Crippen molar-refractivity contribution in [3.63, 3.8) is 0 Å². The van der Waals surface area contributed by atoms with Crippen LogP contribution < -0.4 is 0 Å². The van der Waals surface area contributed by atoms with E-state index in [0.717, 1.165) is 41.4 Å². The molecule has 4 aromatic heterocycles. The highest BCUT2D eigenvalue weighted by Crippen LogP contribution is 2.48. The maximum atomic E-state index is 5.01. The number of nitrogens with zero attached hydrogens (tertiary/aromatic N) is 4. The fourth-order valence-electron chi connectivity index (χ4n) is 4.19.